The number of nitro groups is 1. The van der Waals surface area contributed by atoms with Gasteiger partial charge in [-0.3, -0.25) is 10.1 Å². The zero-order valence-electron chi connectivity index (χ0n) is 10.6. The lowest BCUT2D eigenvalue weighted by molar-refractivity contribution is -0.384. The number of hydrogen-bond donors (Lipinski definition) is 2. The highest BCUT2D eigenvalue weighted by Gasteiger charge is 2.20. The fourth-order valence-electron chi connectivity index (χ4n) is 2.34. The molecule has 0 radical (unpaired) electrons. The lowest BCUT2D eigenvalue weighted by atomic mass is 10.1. The summed E-state index contributed by atoms with van der Waals surface area (Å²) in [7, 11) is 0. The van der Waals surface area contributed by atoms with E-state index in [1.54, 1.807) is 12.1 Å². The Hall–Kier alpha value is -2.13. The highest BCUT2D eigenvalue weighted by atomic mass is 16.6. The van der Waals surface area contributed by atoms with Crippen molar-refractivity contribution < 1.29 is 4.92 Å². The van der Waals surface area contributed by atoms with Crippen LogP contribution in [0.4, 0.5) is 11.4 Å². The van der Waals surface area contributed by atoms with Gasteiger partial charge >= 0.3 is 5.69 Å². The summed E-state index contributed by atoms with van der Waals surface area (Å²) in [5.74, 6) is 0.630. The van der Waals surface area contributed by atoms with Crippen LogP contribution < -0.4 is 10.6 Å². The maximum Gasteiger partial charge on any atom is 0.309 e. The van der Waals surface area contributed by atoms with Gasteiger partial charge in [-0.05, 0) is 44.0 Å². The molecule has 1 heterocycles. The van der Waals surface area contributed by atoms with E-state index in [4.69, 9.17) is 5.26 Å². The summed E-state index contributed by atoms with van der Waals surface area (Å²) in [4.78, 5) is 10.5. The van der Waals surface area contributed by atoms with Gasteiger partial charge in [0.1, 0.15) is 17.3 Å². The van der Waals surface area contributed by atoms with Crippen molar-refractivity contribution in [2.45, 2.75) is 12.8 Å². The van der Waals surface area contributed by atoms with Crippen LogP contribution in [-0.2, 0) is 0 Å². The van der Waals surface area contributed by atoms with Gasteiger partial charge in [0.05, 0.1) is 4.92 Å². The predicted molar refractivity (Wildman–Crippen MR) is 71.9 cm³/mol. The minimum atomic E-state index is -0.502. The van der Waals surface area contributed by atoms with Crippen LogP contribution in [0.2, 0.25) is 0 Å². The van der Waals surface area contributed by atoms with E-state index in [2.05, 4.69) is 10.6 Å². The first kappa shape index (κ1) is 13.3. The summed E-state index contributed by atoms with van der Waals surface area (Å²) in [6.45, 7) is 2.75. The van der Waals surface area contributed by atoms with E-state index < -0.39 is 4.92 Å². The molecule has 2 rings (SSSR count). The van der Waals surface area contributed by atoms with Gasteiger partial charge in [0.2, 0.25) is 0 Å². The van der Waals surface area contributed by atoms with Crippen LogP contribution in [0.25, 0.3) is 0 Å². The molecule has 0 saturated carbocycles. The summed E-state index contributed by atoms with van der Waals surface area (Å²) in [5.41, 5.74) is 0.391. The van der Waals surface area contributed by atoms with Crippen LogP contribution in [0.5, 0.6) is 0 Å². The molecule has 1 saturated heterocycles. The van der Waals surface area contributed by atoms with Crippen LogP contribution in [-0.4, -0.2) is 24.6 Å². The normalized spacial score (nSPS) is 17.9. The quantitative estimate of drug-likeness (QED) is 0.623. The molecule has 1 aliphatic rings. The molecule has 100 valence electrons. The zero-order chi connectivity index (χ0) is 13.7. The molecule has 1 aliphatic heterocycles. The van der Waals surface area contributed by atoms with Crippen molar-refractivity contribution in [3.05, 3.63) is 33.9 Å². The van der Waals surface area contributed by atoms with Crippen LogP contribution in [0, 0.1) is 27.4 Å². The highest BCUT2D eigenvalue weighted by Crippen LogP contribution is 2.28. The van der Waals surface area contributed by atoms with Crippen molar-refractivity contribution >= 4 is 11.4 Å². The molecular weight excluding hydrogens is 244 g/mol. The Morgan fingerprint density at radius 1 is 1.58 bits per heavy atom. The van der Waals surface area contributed by atoms with E-state index in [9.17, 15) is 10.1 Å². The first-order valence-corrected chi connectivity index (χ1v) is 6.34. The Bertz CT molecular complexity index is 504. The average molecular weight is 260 g/mol. The van der Waals surface area contributed by atoms with Crippen LogP contribution in [0.1, 0.15) is 18.4 Å². The molecule has 1 aromatic carbocycles. The molecular formula is C13H16N4O2. The topological polar surface area (TPSA) is 91.0 Å². The van der Waals surface area contributed by atoms with E-state index in [0.717, 1.165) is 25.9 Å². The summed E-state index contributed by atoms with van der Waals surface area (Å²) >= 11 is 0. The molecule has 1 atom stereocenters. The third-order valence-electron chi connectivity index (χ3n) is 3.37. The Morgan fingerprint density at radius 2 is 2.42 bits per heavy atom. The zero-order valence-corrected chi connectivity index (χ0v) is 10.6. The fourth-order valence-corrected chi connectivity index (χ4v) is 2.34. The second-order valence-electron chi connectivity index (χ2n) is 4.64. The molecule has 0 aromatic heterocycles. The van der Waals surface area contributed by atoms with E-state index in [0.29, 0.717) is 18.2 Å². The molecule has 2 N–H and O–H groups in total. The summed E-state index contributed by atoms with van der Waals surface area (Å²) in [6, 6.07) is 6.62. The van der Waals surface area contributed by atoms with Gasteiger partial charge in [0.15, 0.2) is 0 Å². The first-order chi connectivity index (χ1) is 9.22. The van der Waals surface area contributed by atoms with Crippen molar-refractivity contribution in [2.24, 2.45) is 5.92 Å². The van der Waals surface area contributed by atoms with Gasteiger partial charge in [-0.25, -0.2) is 0 Å². The van der Waals surface area contributed by atoms with Gasteiger partial charge < -0.3 is 10.6 Å². The number of benzene rings is 1. The third kappa shape index (κ3) is 3.20. The summed E-state index contributed by atoms with van der Waals surface area (Å²) in [5, 5.41) is 26.3. The van der Waals surface area contributed by atoms with Crippen molar-refractivity contribution in [2.75, 3.05) is 25.0 Å². The molecule has 6 nitrogen and oxygen atoms in total. The SMILES string of the molecule is N#Cc1cccc(NCCC2CCNC2)c1[N+](=O)[O-]. The standard InChI is InChI=1S/C13H16N4O2/c14-8-11-2-1-3-12(13(11)17(18)19)16-7-5-10-4-6-15-9-10/h1-3,10,15-16H,4-7,9H2. The summed E-state index contributed by atoms with van der Waals surface area (Å²) in [6.07, 6.45) is 2.13. The van der Waals surface area contributed by atoms with E-state index in [-0.39, 0.29) is 11.3 Å². The number of nitrogens with one attached hydrogen (secondary N) is 2. The molecule has 1 aromatic rings. The lowest BCUT2D eigenvalue weighted by Gasteiger charge is -2.10. The largest absolute Gasteiger partial charge is 0.379 e. The second kappa shape index (κ2) is 6.16. The monoisotopic (exact) mass is 260 g/mol. The lowest BCUT2D eigenvalue weighted by Crippen LogP contribution is -2.13. The molecule has 1 fully saturated rings. The number of rotatable bonds is 5. The Morgan fingerprint density at radius 3 is 3.05 bits per heavy atom. The van der Waals surface area contributed by atoms with Crippen molar-refractivity contribution in [1.82, 2.24) is 5.32 Å². The average Bonchev–Trinajstić information content (AvgIpc) is 2.91. The maximum absolute atomic E-state index is 11.0. The number of para-hydroxylation sites is 1. The summed E-state index contributed by atoms with van der Waals surface area (Å²) < 4.78 is 0. The molecule has 0 amide bonds. The maximum atomic E-state index is 11.0. The minimum absolute atomic E-state index is 0.0949. The number of hydrogen-bond acceptors (Lipinski definition) is 5. The van der Waals surface area contributed by atoms with Gasteiger partial charge in [-0.1, -0.05) is 6.07 Å². The molecule has 1 unspecified atom stereocenters. The first-order valence-electron chi connectivity index (χ1n) is 6.34. The minimum Gasteiger partial charge on any atom is -0.379 e. The van der Waals surface area contributed by atoms with E-state index in [1.807, 2.05) is 6.07 Å². The molecule has 0 spiro atoms. The van der Waals surface area contributed by atoms with E-state index >= 15 is 0 Å². The predicted octanol–water partition coefficient (Wildman–Crippen LogP) is 1.88. The van der Waals surface area contributed by atoms with Gasteiger partial charge in [-0.2, -0.15) is 5.26 Å². The fraction of sp³-hybridized carbons (Fsp3) is 0.462. The van der Waals surface area contributed by atoms with Crippen molar-refractivity contribution in [3.63, 3.8) is 0 Å². The number of nitriles is 1. The smallest absolute Gasteiger partial charge is 0.309 e. The Labute approximate surface area is 111 Å². The van der Waals surface area contributed by atoms with Gasteiger partial charge in [0, 0.05) is 6.54 Å². The van der Waals surface area contributed by atoms with Gasteiger partial charge in [0.25, 0.3) is 0 Å². The highest BCUT2D eigenvalue weighted by molar-refractivity contribution is 5.68. The second-order valence-corrected chi connectivity index (χ2v) is 4.64. The van der Waals surface area contributed by atoms with Crippen LogP contribution in [0.15, 0.2) is 18.2 Å². The number of nitrogens with zero attached hydrogens (tertiary/aromatic N) is 2. The molecule has 0 aliphatic carbocycles. The third-order valence-corrected chi connectivity index (χ3v) is 3.37. The molecule has 0 bridgehead atoms. The van der Waals surface area contributed by atoms with Crippen LogP contribution >= 0.6 is 0 Å². The van der Waals surface area contributed by atoms with E-state index in [1.165, 1.54) is 6.07 Å². The number of nitro benzene ring substituents is 1. The Kier molecular flexibility index (Phi) is 4.31. The Balaban J connectivity index is 2.03. The van der Waals surface area contributed by atoms with Crippen LogP contribution in [0.3, 0.4) is 0 Å². The number of anilines is 1. The molecule has 19 heavy (non-hydrogen) atoms. The molecule has 6 heteroatoms. The van der Waals surface area contributed by atoms with Crippen molar-refractivity contribution in [1.29, 1.82) is 5.26 Å². The van der Waals surface area contributed by atoms with Gasteiger partial charge in [-0.15, -0.1) is 0 Å². The van der Waals surface area contributed by atoms with Crippen molar-refractivity contribution in [3.8, 4) is 6.07 Å².